The molecule has 19 heavy (non-hydrogen) atoms. The van der Waals surface area contributed by atoms with Crippen molar-refractivity contribution >= 4 is 22.8 Å². The van der Waals surface area contributed by atoms with Crippen LogP contribution in [0.5, 0.6) is 0 Å². The number of aromatic nitrogens is 2. The Hall–Kier alpha value is -2.43. The number of imide groups is 1. The van der Waals surface area contributed by atoms with Crippen LogP contribution >= 0.6 is 0 Å². The van der Waals surface area contributed by atoms with E-state index in [9.17, 15) is 9.59 Å². The molecule has 5 heteroatoms. The summed E-state index contributed by atoms with van der Waals surface area (Å²) in [7, 11) is 0. The van der Waals surface area contributed by atoms with Crippen molar-refractivity contribution in [2.45, 2.75) is 19.9 Å². The molecule has 2 heterocycles. The first-order valence-corrected chi connectivity index (χ1v) is 6.08. The highest BCUT2D eigenvalue weighted by Gasteiger charge is 2.34. The van der Waals surface area contributed by atoms with Crippen molar-refractivity contribution in [2.24, 2.45) is 0 Å². The lowest BCUT2D eigenvalue weighted by atomic mass is 10.2. The molecule has 0 bridgehead atoms. The summed E-state index contributed by atoms with van der Waals surface area (Å²) in [5.41, 5.74) is 2.19. The highest BCUT2D eigenvalue weighted by atomic mass is 16.2. The number of hydrogen-bond acceptors (Lipinski definition) is 3. The molecule has 1 aliphatic heterocycles. The van der Waals surface area contributed by atoms with Gasteiger partial charge in [0.25, 0.3) is 11.8 Å². The number of nitrogens with zero attached hydrogens (tertiary/aromatic N) is 2. The summed E-state index contributed by atoms with van der Waals surface area (Å²) < 4.78 is 0. The third kappa shape index (κ3) is 1.74. The topological polar surface area (TPSA) is 66.1 Å². The van der Waals surface area contributed by atoms with E-state index in [4.69, 9.17) is 0 Å². The van der Waals surface area contributed by atoms with Gasteiger partial charge >= 0.3 is 0 Å². The highest BCUT2D eigenvalue weighted by molar-refractivity contribution is 6.16. The Morgan fingerprint density at radius 1 is 1.26 bits per heavy atom. The van der Waals surface area contributed by atoms with E-state index in [1.807, 2.05) is 24.3 Å². The average Bonchev–Trinajstić information content (AvgIpc) is 2.91. The van der Waals surface area contributed by atoms with Crippen LogP contribution in [0.1, 0.15) is 25.7 Å². The highest BCUT2D eigenvalue weighted by Crippen LogP contribution is 2.25. The lowest BCUT2D eigenvalue weighted by molar-refractivity contribution is -0.139. The van der Waals surface area contributed by atoms with Crippen LogP contribution in [0.2, 0.25) is 0 Å². The molecular weight excluding hydrogens is 242 g/mol. The molecule has 1 N–H and O–H groups in total. The molecule has 5 nitrogen and oxygen atoms in total. The van der Waals surface area contributed by atoms with Crippen LogP contribution in [0.15, 0.2) is 35.9 Å². The predicted octanol–water partition coefficient (Wildman–Crippen LogP) is 1.94. The van der Waals surface area contributed by atoms with E-state index in [0.717, 1.165) is 11.0 Å². The van der Waals surface area contributed by atoms with E-state index in [1.54, 1.807) is 13.8 Å². The third-order valence-corrected chi connectivity index (χ3v) is 3.32. The van der Waals surface area contributed by atoms with Crippen molar-refractivity contribution in [2.75, 3.05) is 0 Å². The molecule has 2 amide bonds. The number of nitrogens with one attached hydrogen (secondary N) is 1. The monoisotopic (exact) mass is 255 g/mol. The fourth-order valence-corrected chi connectivity index (χ4v) is 2.27. The van der Waals surface area contributed by atoms with Gasteiger partial charge in [-0.25, -0.2) is 4.98 Å². The second-order valence-corrected chi connectivity index (χ2v) is 4.66. The molecule has 1 aromatic carbocycles. The number of imidazole rings is 1. The van der Waals surface area contributed by atoms with Crippen LogP contribution in [0.25, 0.3) is 11.0 Å². The second kappa shape index (κ2) is 4.05. The summed E-state index contributed by atoms with van der Waals surface area (Å²) in [5, 5.41) is 0. The van der Waals surface area contributed by atoms with Crippen molar-refractivity contribution in [1.82, 2.24) is 14.9 Å². The number of fused-ring (bicyclic) bond motifs is 1. The number of carbonyl (C=O) groups excluding carboxylic acids is 2. The summed E-state index contributed by atoms with van der Waals surface area (Å²) in [4.78, 5) is 32.6. The number of para-hydroxylation sites is 2. The van der Waals surface area contributed by atoms with Crippen LogP contribution in [0.4, 0.5) is 0 Å². The van der Waals surface area contributed by atoms with E-state index in [0.29, 0.717) is 11.4 Å². The van der Waals surface area contributed by atoms with E-state index in [1.165, 1.54) is 11.0 Å². The van der Waals surface area contributed by atoms with Crippen LogP contribution in [0.3, 0.4) is 0 Å². The maximum Gasteiger partial charge on any atom is 0.257 e. The maximum atomic E-state index is 11.9. The van der Waals surface area contributed by atoms with Gasteiger partial charge in [0.15, 0.2) is 0 Å². The lowest BCUT2D eigenvalue weighted by Gasteiger charge is -2.20. The van der Waals surface area contributed by atoms with Gasteiger partial charge in [-0.15, -0.1) is 0 Å². The largest absolute Gasteiger partial charge is 0.340 e. The minimum absolute atomic E-state index is 0.252. The number of hydrogen-bond donors (Lipinski definition) is 1. The quantitative estimate of drug-likeness (QED) is 0.834. The van der Waals surface area contributed by atoms with Crippen molar-refractivity contribution in [3.63, 3.8) is 0 Å². The molecule has 0 fully saturated rings. The molecule has 1 aromatic heterocycles. The first-order chi connectivity index (χ1) is 9.08. The SMILES string of the molecule is CC1=CC(=O)N(C(C)c2nc3ccccc3[nH]2)C1=O. The molecule has 2 aromatic rings. The average molecular weight is 255 g/mol. The number of amides is 2. The minimum atomic E-state index is -0.402. The second-order valence-electron chi connectivity index (χ2n) is 4.66. The maximum absolute atomic E-state index is 11.9. The van der Waals surface area contributed by atoms with E-state index >= 15 is 0 Å². The summed E-state index contributed by atoms with van der Waals surface area (Å²) in [6.45, 7) is 3.44. The Kier molecular flexibility index (Phi) is 2.48. The van der Waals surface area contributed by atoms with E-state index in [2.05, 4.69) is 9.97 Å². The van der Waals surface area contributed by atoms with Gasteiger partial charge in [-0.05, 0) is 26.0 Å². The van der Waals surface area contributed by atoms with Gasteiger partial charge in [0.1, 0.15) is 5.82 Å². The summed E-state index contributed by atoms with van der Waals surface area (Å²) >= 11 is 0. The van der Waals surface area contributed by atoms with E-state index < -0.39 is 6.04 Å². The molecule has 0 aliphatic carbocycles. The zero-order valence-corrected chi connectivity index (χ0v) is 10.7. The van der Waals surface area contributed by atoms with Gasteiger partial charge in [0, 0.05) is 11.6 Å². The van der Waals surface area contributed by atoms with Crippen molar-refractivity contribution < 1.29 is 9.59 Å². The van der Waals surface area contributed by atoms with Crippen LogP contribution in [0, 0.1) is 0 Å². The molecule has 0 radical (unpaired) electrons. The smallest absolute Gasteiger partial charge is 0.257 e. The molecule has 1 aliphatic rings. The van der Waals surface area contributed by atoms with Gasteiger partial charge in [-0.2, -0.15) is 0 Å². The Labute approximate surface area is 109 Å². The molecule has 3 rings (SSSR count). The summed E-state index contributed by atoms with van der Waals surface area (Å²) in [6.07, 6.45) is 1.36. The molecule has 0 saturated heterocycles. The Bertz CT molecular complexity index is 681. The number of H-pyrrole nitrogens is 1. The molecule has 0 saturated carbocycles. The number of rotatable bonds is 2. The van der Waals surface area contributed by atoms with Gasteiger partial charge in [-0.1, -0.05) is 12.1 Å². The summed E-state index contributed by atoms with van der Waals surface area (Å²) in [5.74, 6) is 0.0828. The van der Waals surface area contributed by atoms with Crippen molar-refractivity contribution in [1.29, 1.82) is 0 Å². The standard InChI is InChI=1S/C14H13N3O2/c1-8-7-12(18)17(14(8)19)9(2)13-15-10-5-3-4-6-11(10)16-13/h3-7,9H,1-2H3,(H,15,16). The Morgan fingerprint density at radius 2 is 2.00 bits per heavy atom. The fourth-order valence-electron chi connectivity index (χ4n) is 2.27. The van der Waals surface area contributed by atoms with Gasteiger partial charge in [0.05, 0.1) is 17.1 Å². The predicted molar refractivity (Wildman–Crippen MR) is 70.1 cm³/mol. The normalized spacial score (nSPS) is 17.2. The van der Waals surface area contributed by atoms with Gasteiger partial charge < -0.3 is 4.98 Å². The molecule has 1 unspecified atom stereocenters. The fraction of sp³-hybridized carbons (Fsp3) is 0.214. The van der Waals surface area contributed by atoms with Crippen molar-refractivity contribution in [3.8, 4) is 0 Å². The zero-order chi connectivity index (χ0) is 13.6. The number of carbonyl (C=O) groups is 2. The van der Waals surface area contributed by atoms with Gasteiger partial charge in [-0.3, -0.25) is 14.5 Å². The van der Waals surface area contributed by atoms with Crippen molar-refractivity contribution in [3.05, 3.63) is 41.7 Å². The first kappa shape index (κ1) is 11.6. The van der Waals surface area contributed by atoms with Crippen LogP contribution in [-0.2, 0) is 9.59 Å². The Balaban J connectivity index is 1.98. The third-order valence-electron chi connectivity index (χ3n) is 3.32. The molecule has 1 atom stereocenters. The summed E-state index contributed by atoms with van der Waals surface area (Å²) in [6, 6.07) is 7.21. The van der Waals surface area contributed by atoms with E-state index in [-0.39, 0.29) is 11.8 Å². The minimum Gasteiger partial charge on any atom is -0.340 e. The number of benzene rings is 1. The van der Waals surface area contributed by atoms with Gasteiger partial charge in [0.2, 0.25) is 0 Å². The molecular formula is C14H13N3O2. The van der Waals surface area contributed by atoms with Crippen LogP contribution < -0.4 is 0 Å². The number of aromatic amines is 1. The molecule has 96 valence electrons. The van der Waals surface area contributed by atoms with Crippen LogP contribution in [-0.4, -0.2) is 26.7 Å². The zero-order valence-electron chi connectivity index (χ0n) is 10.7. The molecule has 0 spiro atoms. The first-order valence-electron chi connectivity index (χ1n) is 6.08. The lowest BCUT2D eigenvalue weighted by Crippen LogP contribution is -2.34. The Morgan fingerprint density at radius 3 is 2.63 bits per heavy atom.